The van der Waals surface area contributed by atoms with Gasteiger partial charge in [0.25, 0.3) is 0 Å². The van der Waals surface area contributed by atoms with Crippen molar-refractivity contribution in [3.05, 3.63) is 0 Å². The van der Waals surface area contributed by atoms with Gasteiger partial charge in [-0.15, -0.1) is 0 Å². The Morgan fingerprint density at radius 1 is 1.20 bits per heavy atom. The third kappa shape index (κ3) is 3.21. The van der Waals surface area contributed by atoms with Gasteiger partial charge in [-0.25, -0.2) is 0 Å². The van der Waals surface area contributed by atoms with Gasteiger partial charge in [0.05, 0.1) is 0 Å². The predicted molar refractivity (Wildman–Crippen MR) is 67.8 cm³/mol. The zero-order chi connectivity index (χ0) is 11.5. The highest BCUT2D eigenvalue weighted by atomic mass is 14.8. The van der Waals surface area contributed by atoms with Gasteiger partial charge in [-0.1, -0.05) is 34.1 Å². The summed E-state index contributed by atoms with van der Waals surface area (Å²) < 4.78 is 0. The Balaban J connectivity index is 2.46. The van der Waals surface area contributed by atoms with Gasteiger partial charge >= 0.3 is 0 Å². The Morgan fingerprint density at radius 2 is 1.73 bits per heavy atom. The molecule has 0 aromatic rings. The maximum atomic E-state index is 6.55. The minimum absolute atomic E-state index is 0.154. The summed E-state index contributed by atoms with van der Waals surface area (Å²) in [5.41, 5.74) is 6.71. The van der Waals surface area contributed by atoms with Crippen molar-refractivity contribution in [3.8, 4) is 0 Å². The van der Waals surface area contributed by atoms with Crippen molar-refractivity contribution in [1.29, 1.82) is 0 Å². The molecular formula is C14H29N. The van der Waals surface area contributed by atoms with E-state index >= 15 is 0 Å². The highest BCUT2D eigenvalue weighted by molar-refractivity contribution is 4.93. The van der Waals surface area contributed by atoms with E-state index in [1.807, 2.05) is 0 Å². The van der Waals surface area contributed by atoms with Crippen molar-refractivity contribution in [2.45, 2.75) is 71.8 Å². The summed E-state index contributed by atoms with van der Waals surface area (Å²) in [6, 6.07) is 0. The molecular weight excluding hydrogens is 182 g/mol. The zero-order valence-electron chi connectivity index (χ0n) is 11.1. The molecule has 1 aliphatic rings. The average molecular weight is 211 g/mol. The molecule has 0 bridgehead atoms. The molecule has 1 rings (SSSR count). The van der Waals surface area contributed by atoms with E-state index in [2.05, 4.69) is 27.7 Å². The highest BCUT2D eigenvalue weighted by Crippen LogP contribution is 2.39. The first-order valence-corrected chi connectivity index (χ1v) is 6.78. The summed E-state index contributed by atoms with van der Waals surface area (Å²) in [5, 5.41) is 0. The minimum Gasteiger partial charge on any atom is -0.325 e. The van der Waals surface area contributed by atoms with E-state index < -0.39 is 0 Å². The minimum atomic E-state index is 0.154. The molecule has 0 saturated heterocycles. The lowest BCUT2D eigenvalue weighted by Gasteiger charge is -2.42. The molecule has 2 N–H and O–H groups in total. The van der Waals surface area contributed by atoms with Crippen molar-refractivity contribution < 1.29 is 0 Å². The fourth-order valence-electron chi connectivity index (χ4n) is 3.06. The normalized spacial score (nSPS) is 34.4. The molecule has 0 aromatic carbocycles. The van der Waals surface area contributed by atoms with Crippen LogP contribution in [0.5, 0.6) is 0 Å². The van der Waals surface area contributed by atoms with Gasteiger partial charge in [-0.3, -0.25) is 0 Å². The molecule has 15 heavy (non-hydrogen) atoms. The van der Waals surface area contributed by atoms with Crippen LogP contribution in [-0.4, -0.2) is 5.54 Å². The van der Waals surface area contributed by atoms with Crippen LogP contribution in [0.2, 0.25) is 0 Å². The van der Waals surface area contributed by atoms with Crippen molar-refractivity contribution in [3.63, 3.8) is 0 Å². The van der Waals surface area contributed by atoms with Gasteiger partial charge in [0.15, 0.2) is 0 Å². The first-order chi connectivity index (χ1) is 6.99. The Labute approximate surface area is 95.8 Å². The summed E-state index contributed by atoms with van der Waals surface area (Å²) in [6.07, 6.45) is 7.76. The van der Waals surface area contributed by atoms with Crippen LogP contribution in [0.3, 0.4) is 0 Å². The second-order valence-corrected chi connectivity index (χ2v) is 6.00. The molecule has 0 radical (unpaired) electrons. The van der Waals surface area contributed by atoms with E-state index in [0.717, 1.165) is 11.8 Å². The fraction of sp³-hybridized carbons (Fsp3) is 1.00. The lowest BCUT2D eigenvalue weighted by molar-refractivity contribution is 0.142. The molecule has 0 spiro atoms. The van der Waals surface area contributed by atoms with Crippen LogP contribution in [0.1, 0.15) is 66.2 Å². The molecule has 0 aromatic heterocycles. The molecule has 90 valence electrons. The first kappa shape index (κ1) is 13.0. The molecule has 1 atom stereocenters. The van der Waals surface area contributed by atoms with Crippen LogP contribution in [0.25, 0.3) is 0 Å². The fourth-order valence-corrected chi connectivity index (χ4v) is 3.06. The predicted octanol–water partition coefficient (Wildman–Crippen LogP) is 3.97. The van der Waals surface area contributed by atoms with Gasteiger partial charge in [-0.2, -0.15) is 0 Å². The van der Waals surface area contributed by atoms with Crippen LogP contribution in [0.15, 0.2) is 0 Å². The molecule has 0 aliphatic heterocycles. The molecule has 1 nitrogen and oxygen atoms in total. The van der Waals surface area contributed by atoms with Gasteiger partial charge in [-0.05, 0) is 49.9 Å². The zero-order valence-corrected chi connectivity index (χ0v) is 11.1. The van der Waals surface area contributed by atoms with Gasteiger partial charge in [0.1, 0.15) is 0 Å². The largest absolute Gasteiger partial charge is 0.325 e. The van der Waals surface area contributed by atoms with Gasteiger partial charge in [0, 0.05) is 5.54 Å². The molecule has 1 heteroatoms. The summed E-state index contributed by atoms with van der Waals surface area (Å²) >= 11 is 0. The van der Waals surface area contributed by atoms with E-state index in [1.54, 1.807) is 0 Å². The number of hydrogen-bond donors (Lipinski definition) is 1. The molecule has 1 saturated carbocycles. The average Bonchev–Trinajstić information content (AvgIpc) is 2.18. The third-order valence-corrected chi connectivity index (χ3v) is 4.61. The maximum Gasteiger partial charge on any atom is 0.0180 e. The SMILES string of the molecule is CCCC(C)C1(N)CCC(C(C)C)CC1. The van der Waals surface area contributed by atoms with E-state index in [0.29, 0.717) is 5.92 Å². The second-order valence-electron chi connectivity index (χ2n) is 6.00. The molecule has 0 amide bonds. The lowest BCUT2D eigenvalue weighted by Crippen LogP contribution is -2.49. The third-order valence-electron chi connectivity index (χ3n) is 4.61. The van der Waals surface area contributed by atoms with Crippen LogP contribution in [-0.2, 0) is 0 Å². The number of nitrogens with two attached hydrogens (primary N) is 1. The van der Waals surface area contributed by atoms with Gasteiger partial charge in [0.2, 0.25) is 0 Å². The quantitative estimate of drug-likeness (QED) is 0.748. The van der Waals surface area contributed by atoms with Crippen molar-refractivity contribution in [2.24, 2.45) is 23.5 Å². The van der Waals surface area contributed by atoms with E-state index in [4.69, 9.17) is 5.73 Å². The van der Waals surface area contributed by atoms with E-state index in [1.165, 1.54) is 38.5 Å². The Morgan fingerprint density at radius 3 is 2.13 bits per heavy atom. The Hall–Kier alpha value is -0.0400. The van der Waals surface area contributed by atoms with Crippen LogP contribution in [0.4, 0.5) is 0 Å². The number of rotatable bonds is 4. The lowest BCUT2D eigenvalue weighted by atomic mass is 9.67. The Kier molecular flexibility index (Phi) is 4.64. The second kappa shape index (κ2) is 5.34. The van der Waals surface area contributed by atoms with Crippen LogP contribution < -0.4 is 5.73 Å². The summed E-state index contributed by atoms with van der Waals surface area (Å²) in [7, 11) is 0. The standard InChI is InChI=1S/C14H29N/c1-5-6-12(4)14(15)9-7-13(8-10-14)11(2)3/h11-13H,5-10,15H2,1-4H3. The molecule has 0 heterocycles. The first-order valence-electron chi connectivity index (χ1n) is 6.78. The van der Waals surface area contributed by atoms with Gasteiger partial charge < -0.3 is 5.73 Å². The smallest absolute Gasteiger partial charge is 0.0180 e. The molecule has 1 fully saturated rings. The molecule has 1 unspecified atom stereocenters. The van der Waals surface area contributed by atoms with Crippen LogP contribution >= 0.6 is 0 Å². The van der Waals surface area contributed by atoms with E-state index in [9.17, 15) is 0 Å². The Bertz CT molecular complexity index is 178. The van der Waals surface area contributed by atoms with Crippen molar-refractivity contribution in [2.75, 3.05) is 0 Å². The van der Waals surface area contributed by atoms with Crippen LogP contribution in [0, 0.1) is 17.8 Å². The summed E-state index contributed by atoms with van der Waals surface area (Å²) in [5.74, 6) is 2.47. The monoisotopic (exact) mass is 211 g/mol. The van der Waals surface area contributed by atoms with Crippen molar-refractivity contribution >= 4 is 0 Å². The topological polar surface area (TPSA) is 26.0 Å². The highest BCUT2D eigenvalue weighted by Gasteiger charge is 2.36. The van der Waals surface area contributed by atoms with Crippen molar-refractivity contribution in [1.82, 2.24) is 0 Å². The maximum absolute atomic E-state index is 6.55. The summed E-state index contributed by atoms with van der Waals surface area (Å²) in [4.78, 5) is 0. The number of hydrogen-bond acceptors (Lipinski definition) is 1. The summed E-state index contributed by atoms with van der Waals surface area (Å²) in [6.45, 7) is 9.31. The molecule has 1 aliphatic carbocycles. The van der Waals surface area contributed by atoms with E-state index in [-0.39, 0.29) is 5.54 Å².